The molecule has 0 amide bonds. The van der Waals surface area contributed by atoms with Crippen LogP contribution in [-0.4, -0.2) is 9.55 Å². The number of hydrogen-bond donors (Lipinski definition) is 0. The minimum Gasteiger partial charge on any atom is -0.308 e. The third kappa shape index (κ3) is 1.67. The van der Waals surface area contributed by atoms with Gasteiger partial charge in [0.05, 0.1) is 17.2 Å². The summed E-state index contributed by atoms with van der Waals surface area (Å²) >= 11 is 3.57. The predicted molar refractivity (Wildman–Crippen MR) is 86.3 cm³/mol. The molecule has 0 unspecified atom stereocenters. The molecule has 3 heteroatoms. The normalized spacial score (nSPS) is 11.2. The maximum Gasteiger partial charge on any atom is 0.0724 e. The van der Waals surface area contributed by atoms with Gasteiger partial charge in [-0.25, -0.2) is 0 Å². The molecule has 2 heterocycles. The van der Waals surface area contributed by atoms with Gasteiger partial charge in [0.15, 0.2) is 0 Å². The molecule has 2 aromatic heterocycles. The Morgan fingerprint density at radius 1 is 0.850 bits per heavy atom. The molecular formula is C17H11BrN2. The number of halogens is 1. The Kier molecular flexibility index (Phi) is 2.60. The molecule has 0 fully saturated rings. The molecule has 0 atom stereocenters. The van der Waals surface area contributed by atoms with Gasteiger partial charge in [-0.1, -0.05) is 40.2 Å². The van der Waals surface area contributed by atoms with Crippen molar-refractivity contribution in [2.24, 2.45) is 0 Å². The summed E-state index contributed by atoms with van der Waals surface area (Å²) in [6.45, 7) is 0. The summed E-state index contributed by atoms with van der Waals surface area (Å²) in [5.74, 6) is 0. The number of nitrogens with zero attached hydrogens (tertiary/aromatic N) is 2. The fourth-order valence-electron chi connectivity index (χ4n) is 2.69. The minimum absolute atomic E-state index is 1.08. The second-order valence-corrected chi connectivity index (χ2v) is 5.64. The van der Waals surface area contributed by atoms with Crippen LogP contribution in [0.15, 0.2) is 71.5 Å². The maximum atomic E-state index is 4.28. The number of aromatic nitrogens is 2. The van der Waals surface area contributed by atoms with Gasteiger partial charge in [-0.2, -0.15) is 0 Å². The maximum absolute atomic E-state index is 4.28. The lowest BCUT2D eigenvalue weighted by Gasteiger charge is -2.07. The molecule has 96 valence electrons. The number of fused-ring (bicyclic) bond motifs is 3. The van der Waals surface area contributed by atoms with Gasteiger partial charge in [0.2, 0.25) is 0 Å². The summed E-state index contributed by atoms with van der Waals surface area (Å²) in [4.78, 5) is 4.28. The lowest BCUT2D eigenvalue weighted by Crippen LogP contribution is -1.93. The zero-order valence-corrected chi connectivity index (χ0v) is 12.2. The van der Waals surface area contributed by atoms with Crippen LogP contribution >= 0.6 is 15.9 Å². The van der Waals surface area contributed by atoms with E-state index in [1.807, 2.05) is 18.5 Å². The fraction of sp³-hybridized carbons (Fsp3) is 0. The van der Waals surface area contributed by atoms with Crippen LogP contribution in [0.5, 0.6) is 0 Å². The fourth-order valence-corrected chi connectivity index (χ4v) is 3.04. The first kappa shape index (κ1) is 11.7. The minimum atomic E-state index is 1.08. The van der Waals surface area contributed by atoms with Crippen molar-refractivity contribution in [2.75, 3.05) is 0 Å². The SMILES string of the molecule is Brc1ccc2c3ccncc3n(-c3ccccc3)c2c1. The lowest BCUT2D eigenvalue weighted by atomic mass is 10.2. The van der Waals surface area contributed by atoms with E-state index in [2.05, 4.69) is 74.0 Å². The Hall–Kier alpha value is -2.13. The summed E-state index contributed by atoms with van der Waals surface area (Å²) in [5.41, 5.74) is 3.47. The van der Waals surface area contributed by atoms with Crippen molar-refractivity contribution in [2.45, 2.75) is 0 Å². The van der Waals surface area contributed by atoms with Crippen molar-refractivity contribution in [1.82, 2.24) is 9.55 Å². The van der Waals surface area contributed by atoms with Crippen LogP contribution in [0.2, 0.25) is 0 Å². The van der Waals surface area contributed by atoms with Crippen molar-refractivity contribution < 1.29 is 0 Å². The van der Waals surface area contributed by atoms with E-state index in [-0.39, 0.29) is 0 Å². The molecule has 0 radical (unpaired) electrons. The Labute approximate surface area is 124 Å². The van der Waals surface area contributed by atoms with Crippen LogP contribution in [0.3, 0.4) is 0 Å². The molecule has 4 rings (SSSR count). The lowest BCUT2D eigenvalue weighted by molar-refractivity contribution is 1.16. The Morgan fingerprint density at radius 3 is 2.50 bits per heavy atom. The number of pyridine rings is 1. The Balaban J connectivity index is 2.23. The largest absolute Gasteiger partial charge is 0.308 e. The average molecular weight is 323 g/mol. The molecule has 0 aliphatic carbocycles. The first-order valence-electron chi connectivity index (χ1n) is 6.44. The second kappa shape index (κ2) is 4.46. The zero-order chi connectivity index (χ0) is 13.5. The number of para-hydroxylation sites is 1. The van der Waals surface area contributed by atoms with Gasteiger partial charge in [0, 0.05) is 27.1 Å². The topological polar surface area (TPSA) is 17.8 Å². The molecule has 2 nitrogen and oxygen atoms in total. The van der Waals surface area contributed by atoms with Crippen LogP contribution < -0.4 is 0 Å². The molecule has 0 bridgehead atoms. The van der Waals surface area contributed by atoms with E-state index in [9.17, 15) is 0 Å². The molecule has 2 aromatic carbocycles. The van der Waals surface area contributed by atoms with Crippen molar-refractivity contribution in [3.05, 3.63) is 71.5 Å². The number of benzene rings is 2. The first-order chi connectivity index (χ1) is 9.84. The van der Waals surface area contributed by atoms with E-state index in [4.69, 9.17) is 0 Å². The second-order valence-electron chi connectivity index (χ2n) is 4.73. The molecule has 20 heavy (non-hydrogen) atoms. The first-order valence-corrected chi connectivity index (χ1v) is 7.23. The van der Waals surface area contributed by atoms with Crippen molar-refractivity contribution in [3.63, 3.8) is 0 Å². The van der Waals surface area contributed by atoms with E-state index in [1.165, 1.54) is 16.3 Å². The van der Waals surface area contributed by atoms with Gasteiger partial charge < -0.3 is 4.57 Å². The summed E-state index contributed by atoms with van der Waals surface area (Å²) in [5, 5.41) is 2.47. The Morgan fingerprint density at radius 2 is 1.65 bits per heavy atom. The molecule has 0 aliphatic rings. The van der Waals surface area contributed by atoms with Crippen LogP contribution in [0.1, 0.15) is 0 Å². The van der Waals surface area contributed by atoms with Gasteiger partial charge >= 0.3 is 0 Å². The predicted octanol–water partition coefficient (Wildman–Crippen LogP) is 4.94. The number of rotatable bonds is 1. The van der Waals surface area contributed by atoms with Gasteiger partial charge in [-0.3, -0.25) is 4.98 Å². The molecule has 0 spiro atoms. The number of hydrogen-bond acceptors (Lipinski definition) is 1. The van der Waals surface area contributed by atoms with E-state index >= 15 is 0 Å². The van der Waals surface area contributed by atoms with Gasteiger partial charge in [0.25, 0.3) is 0 Å². The Bertz CT molecular complexity index is 910. The molecule has 0 N–H and O–H groups in total. The van der Waals surface area contributed by atoms with Crippen LogP contribution in [0, 0.1) is 0 Å². The smallest absolute Gasteiger partial charge is 0.0724 e. The van der Waals surface area contributed by atoms with Gasteiger partial charge in [-0.05, 0) is 30.3 Å². The third-order valence-corrected chi connectivity index (χ3v) is 4.04. The molecular weight excluding hydrogens is 312 g/mol. The highest BCUT2D eigenvalue weighted by atomic mass is 79.9. The molecule has 0 saturated heterocycles. The average Bonchev–Trinajstić information content (AvgIpc) is 2.81. The zero-order valence-electron chi connectivity index (χ0n) is 10.6. The van der Waals surface area contributed by atoms with Gasteiger partial charge in [0.1, 0.15) is 0 Å². The standard InChI is InChI=1S/C17H11BrN2/c18-12-6-7-14-15-8-9-19-11-17(15)20(16(14)10-12)13-4-2-1-3-5-13/h1-11H. The van der Waals surface area contributed by atoms with Crippen LogP contribution in [-0.2, 0) is 0 Å². The van der Waals surface area contributed by atoms with Gasteiger partial charge in [-0.15, -0.1) is 0 Å². The highest BCUT2D eigenvalue weighted by molar-refractivity contribution is 9.10. The third-order valence-electron chi connectivity index (χ3n) is 3.55. The van der Waals surface area contributed by atoms with E-state index < -0.39 is 0 Å². The summed E-state index contributed by atoms with van der Waals surface area (Å²) in [7, 11) is 0. The summed E-state index contributed by atoms with van der Waals surface area (Å²) in [6.07, 6.45) is 3.77. The van der Waals surface area contributed by atoms with Crippen molar-refractivity contribution >= 4 is 37.7 Å². The monoisotopic (exact) mass is 322 g/mol. The highest BCUT2D eigenvalue weighted by Gasteiger charge is 2.11. The van der Waals surface area contributed by atoms with Crippen LogP contribution in [0.25, 0.3) is 27.5 Å². The van der Waals surface area contributed by atoms with Crippen molar-refractivity contribution in [1.29, 1.82) is 0 Å². The molecule has 0 aliphatic heterocycles. The van der Waals surface area contributed by atoms with Crippen molar-refractivity contribution in [3.8, 4) is 5.69 Å². The van der Waals surface area contributed by atoms with Crippen LogP contribution in [0.4, 0.5) is 0 Å². The molecule has 0 saturated carbocycles. The summed E-state index contributed by atoms with van der Waals surface area (Å²) in [6, 6.07) is 18.8. The van der Waals surface area contributed by atoms with E-state index in [1.54, 1.807) is 0 Å². The summed E-state index contributed by atoms with van der Waals surface area (Å²) < 4.78 is 3.33. The van der Waals surface area contributed by atoms with E-state index in [0.29, 0.717) is 0 Å². The quantitative estimate of drug-likeness (QED) is 0.485. The highest BCUT2D eigenvalue weighted by Crippen LogP contribution is 2.32. The van der Waals surface area contributed by atoms with E-state index in [0.717, 1.165) is 15.7 Å². The molecule has 4 aromatic rings.